The minimum Gasteiger partial charge on any atom is -0.497 e. The number of aliphatic hydroxyl groups is 1. The molecule has 6 rings (SSSR count). The molecule has 1 saturated heterocycles. The Morgan fingerprint density at radius 3 is 2.50 bits per heavy atom. The number of rotatable bonds is 5. The third-order valence-corrected chi connectivity index (χ3v) is 7.45. The van der Waals surface area contributed by atoms with Crippen molar-refractivity contribution in [1.82, 2.24) is 4.90 Å². The number of ether oxygens (including phenoxy) is 2. The number of amides is 1. The first kappa shape index (κ1) is 26.0. The molecule has 9 heteroatoms. The number of hydrogen-bond acceptors (Lipinski definition) is 4. The number of likely N-dealkylation sites (tertiary alicyclic amines) is 1. The number of alkyl halides is 4. The van der Waals surface area contributed by atoms with Gasteiger partial charge in [-0.3, -0.25) is 4.79 Å². The summed E-state index contributed by atoms with van der Waals surface area (Å²) in [6.07, 6.45) is -2.55. The maximum atomic E-state index is 15.8. The number of allylic oxidation sites excluding steroid dienone is 1. The Labute approximate surface area is 217 Å². The predicted octanol–water partition coefficient (Wildman–Crippen LogP) is 5.63. The van der Waals surface area contributed by atoms with Crippen LogP contribution in [0.3, 0.4) is 0 Å². The van der Waals surface area contributed by atoms with E-state index in [1.54, 1.807) is 55.5 Å². The summed E-state index contributed by atoms with van der Waals surface area (Å²) in [5.74, 6) is -0.00404. The third-order valence-electron chi connectivity index (χ3n) is 7.45. The van der Waals surface area contributed by atoms with Crippen molar-refractivity contribution in [3.63, 3.8) is 0 Å². The third kappa shape index (κ3) is 4.18. The number of carbonyl (C=O) groups excluding carboxylic acids is 1. The van der Waals surface area contributed by atoms with Gasteiger partial charge in [0, 0.05) is 11.8 Å². The van der Waals surface area contributed by atoms with Crippen molar-refractivity contribution in [2.75, 3.05) is 13.7 Å². The molecule has 4 atom stereocenters. The average molecular weight is 530 g/mol. The zero-order valence-electron chi connectivity index (χ0n) is 20.8. The van der Waals surface area contributed by atoms with Crippen molar-refractivity contribution in [3.8, 4) is 11.5 Å². The molecule has 1 amide bonds. The van der Waals surface area contributed by atoms with Crippen LogP contribution in [0.4, 0.5) is 17.6 Å². The molecule has 0 saturated carbocycles. The summed E-state index contributed by atoms with van der Waals surface area (Å²) in [4.78, 5) is 15.2. The van der Waals surface area contributed by atoms with Crippen LogP contribution >= 0.6 is 0 Å². The second-order valence-electron chi connectivity index (χ2n) is 9.81. The molecule has 0 spiro atoms. The molecule has 2 unspecified atom stereocenters. The fraction of sp³-hybridized carbons (Fsp3) is 0.345. The van der Waals surface area contributed by atoms with Crippen molar-refractivity contribution in [1.29, 1.82) is 0 Å². The zero-order chi connectivity index (χ0) is 27.3. The van der Waals surface area contributed by atoms with E-state index < -0.39 is 40.9 Å². The highest BCUT2D eigenvalue weighted by Crippen LogP contribution is 2.58. The van der Waals surface area contributed by atoms with Crippen LogP contribution in [-0.2, 0) is 4.79 Å². The van der Waals surface area contributed by atoms with Gasteiger partial charge in [0.15, 0.2) is 5.67 Å². The van der Waals surface area contributed by atoms with E-state index in [1.165, 1.54) is 12.0 Å². The van der Waals surface area contributed by atoms with Crippen molar-refractivity contribution < 1.29 is 36.9 Å². The molecule has 0 radical (unpaired) electrons. The number of hydrogen-bond donors (Lipinski definition) is 1. The lowest BCUT2D eigenvalue weighted by Gasteiger charge is -2.46. The smallest absolute Gasteiger partial charge is 0.425 e. The second-order valence-corrected chi connectivity index (χ2v) is 9.81. The van der Waals surface area contributed by atoms with Gasteiger partial charge in [-0.1, -0.05) is 42.5 Å². The van der Waals surface area contributed by atoms with E-state index in [1.807, 2.05) is 6.07 Å². The molecule has 38 heavy (non-hydrogen) atoms. The number of methoxy groups -OCH3 is 1. The standard InChI is InChI=1S/C29H27F4NO4/c1-18(19-7-4-3-5-8-19)26(35)34-17-24(38-23-10-6-9-22(14-23)37-2)12-11-20-13-21-15-27(30,16-25(20)34)28(21,36)29(31,32)33/h3-10,13-16,18,24,36H,11-12,17H2,1-2H3/t18-,24-,27?,28?/m1/s1. The summed E-state index contributed by atoms with van der Waals surface area (Å²) in [6, 6.07) is 15.9. The molecular formula is C29H27F4NO4. The topological polar surface area (TPSA) is 59.0 Å². The van der Waals surface area contributed by atoms with Gasteiger partial charge in [0.05, 0.1) is 19.6 Å². The first-order valence-corrected chi connectivity index (χ1v) is 12.3. The SMILES string of the molecule is COc1cccc(O[C@@H]2CCC3=CC4=CC(F)(C=C3N(C(=O)[C@H](C)c3ccccc3)C2)C4(O)C(F)(F)F)c1. The lowest BCUT2D eigenvalue weighted by Crippen LogP contribution is -2.65. The van der Waals surface area contributed by atoms with E-state index in [0.717, 1.165) is 18.2 Å². The van der Waals surface area contributed by atoms with Crippen LogP contribution in [0.2, 0.25) is 0 Å². The molecule has 4 aliphatic rings. The van der Waals surface area contributed by atoms with Crippen LogP contribution < -0.4 is 9.47 Å². The predicted molar refractivity (Wildman–Crippen MR) is 132 cm³/mol. The van der Waals surface area contributed by atoms with Gasteiger partial charge in [0.1, 0.15) is 17.6 Å². The van der Waals surface area contributed by atoms with Crippen LogP contribution in [0.15, 0.2) is 89.7 Å². The van der Waals surface area contributed by atoms with Gasteiger partial charge in [-0.05, 0) is 60.8 Å². The Morgan fingerprint density at radius 2 is 1.82 bits per heavy atom. The Balaban J connectivity index is 1.55. The van der Waals surface area contributed by atoms with Crippen molar-refractivity contribution in [2.24, 2.45) is 0 Å². The summed E-state index contributed by atoms with van der Waals surface area (Å²) in [7, 11) is 1.53. The maximum absolute atomic E-state index is 15.8. The minimum absolute atomic E-state index is 0.0171. The second kappa shape index (κ2) is 9.31. The van der Waals surface area contributed by atoms with E-state index in [-0.39, 0.29) is 18.7 Å². The van der Waals surface area contributed by atoms with Gasteiger partial charge in [-0.25, -0.2) is 4.39 Å². The summed E-state index contributed by atoms with van der Waals surface area (Å²) in [5, 5.41) is 10.5. The van der Waals surface area contributed by atoms with Crippen LogP contribution in [0.25, 0.3) is 0 Å². The Kier molecular flexibility index (Phi) is 6.38. The molecule has 1 N–H and O–H groups in total. The van der Waals surface area contributed by atoms with Gasteiger partial charge in [-0.15, -0.1) is 0 Å². The Hall–Kier alpha value is -3.59. The molecule has 1 fully saturated rings. The monoisotopic (exact) mass is 529 g/mol. The summed E-state index contributed by atoms with van der Waals surface area (Å²) >= 11 is 0. The molecule has 1 aliphatic heterocycles. The highest BCUT2D eigenvalue weighted by atomic mass is 19.4. The van der Waals surface area contributed by atoms with Gasteiger partial charge in [0.2, 0.25) is 11.5 Å². The van der Waals surface area contributed by atoms with Crippen molar-refractivity contribution >= 4 is 5.91 Å². The quantitative estimate of drug-likeness (QED) is 0.510. The first-order valence-electron chi connectivity index (χ1n) is 12.3. The van der Waals surface area contributed by atoms with E-state index in [2.05, 4.69) is 0 Å². The fourth-order valence-electron chi connectivity index (χ4n) is 5.26. The molecule has 200 valence electrons. The van der Waals surface area contributed by atoms with Gasteiger partial charge >= 0.3 is 6.18 Å². The molecule has 2 aromatic carbocycles. The minimum atomic E-state index is -5.24. The molecule has 3 aliphatic carbocycles. The number of benzene rings is 2. The van der Waals surface area contributed by atoms with Gasteiger partial charge in [-0.2, -0.15) is 13.2 Å². The van der Waals surface area contributed by atoms with Crippen LogP contribution in [0.5, 0.6) is 11.5 Å². The number of halogens is 4. The fourth-order valence-corrected chi connectivity index (χ4v) is 5.26. The molecule has 1 heterocycles. The van der Waals surface area contributed by atoms with E-state index >= 15 is 4.39 Å². The highest BCUT2D eigenvalue weighted by molar-refractivity contribution is 5.86. The molecular weight excluding hydrogens is 502 g/mol. The summed E-state index contributed by atoms with van der Waals surface area (Å²) in [6.45, 7) is 1.67. The maximum Gasteiger partial charge on any atom is 0.425 e. The summed E-state index contributed by atoms with van der Waals surface area (Å²) < 4.78 is 68.8. The van der Waals surface area contributed by atoms with E-state index in [0.29, 0.717) is 29.1 Å². The van der Waals surface area contributed by atoms with Crippen LogP contribution in [0.1, 0.15) is 31.2 Å². The Morgan fingerprint density at radius 1 is 1.11 bits per heavy atom. The number of carbonyl (C=O) groups is 1. The lowest BCUT2D eigenvalue weighted by atomic mass is 9.67. The van der Waals surface area contributed by atoms with Crippen molar-refractivity contribution in [2.45, 2.75) is 49.2 Å². The first-order chi connectivity index (χ1) is 18.0. The Bertz CT molecular complexity index is 1340. The average Bonchev–Trinajstić information content (AvgIpc) is 3.20. The molecule has 5 nitrogen and oxygen atoms in total. The largest absolute Gasteiger partial charge is 0.497 e. The van der Waals surface area contributed by atoms with Gasteiger partial charge in [0.25, 0.3) is 0 Å². The molecule has 2 aromatic rings. The lowest BCUT2D eigenvalue weighted by molar-refractivity contribution is -0.279. The zero-order valence-corrected chi connectivity index (χ0v) is 20.8. The van der Waals surface area contributed by atoms with Crippen molar-refractivity contribution in [3.05, 3.63) is 95.2 Å². The molecule has 2 bridgehead atoms. The van der Waals surface area contributed by atoms with Crippen LogP contribution in [-0.4, -0.2) is 53.1 Å². The number of nitrogens with zero attached hydrogens (tertiary/aromatic N) is 1. The van der Waals surface area contributed by atoms with E-state index in [9.17, 15) is 23.1 Å². The summed E-state index contributed by atoms with van der Waals surface area (Å²) in [5.41, 5.74) is -6.40. The molecule has 0 aromatic heterocycles. The highest BCUT2D eigenvalue weighted by Gasteiger charge is 2.73. The van der Waals surface area contributed by atoms with E-state index in [4.69, 9.17) is 9.47 Å². The van der Waals surface area contributed by atoms with Gasteiger partial charge < -0.3 is 19.5 Å². The normalized spacial score (nSPS) is 27.4. The van der Waals surface area contributed by atoms with Crippen LogP contribution in [0, 0.1) is 0 Å².